The summed E-state index contributed by atoms with van der Waals surface area (Å²) in [6.07, 6.45) is 4.08. The quantitative estimate of drug-likeness (QED) is 0.649. The Kier molecular flexibility index (Phi) is 9.09. The predicted molar refractivity (Wildman–Crippen MR) is 113 cm³/mol. The highest BCUT2D eigenvalue weighted by atomic mass is 35.5. The molecule has 1 unspecified atom stereocenters. The molecule has 0 saturated heterocycles. The molecule has 0 spiro atoms. The zero-order chi connectivity index (χ0) is 19.1. The first-order chi connectivity index (χ1) is 12.4. The number of nitrogens with one attached hydrogen (secondary N) is 1. The van der Waals surface area contributed by atoms with Gasteiger partial charge in [0, 0.05) is 42.7 Å². The summed E-state index contributed by atoms with van der Waals surface area (Å²) in [6, 6.07) is 9.67. The monoisotopic (exact) mass is 391 g/mol. The van der Waals surface area contributed by atoms with Crippen LogP contribution in [0.25, 0.3) is 0 Å². The van der Waals surface area contributed by atoms with Crippen LogP contribution < -0.4 is 10.1 Å². The molecule has 0 radical (unpaired) electrons. The molecule has 0 aliphatic heterocycles. The van der Waals surface area contributed by atoms with Gasteiger partial charge in [0.15, 0.2) is 6.23 Å². The number of aryl methyl sites for hydroxylation is 1. The van der Waals surface area contributed by atoms with Gasteiger partial charge in [-0.2, -0.15) is 0 Å². The van der Waals surface area contributed by atoms with Gasteiger partial charge in [-0.1, -0.05) is 6.92 Å². The molecular formula is C21H30ClN3O2. The number of rotatable bonds is 8. The Morgan fingerprint density at radius 3 is 2.41 bits per heavy atom. The number of hydrogen-bond donors (Lipinski definition) is 1. The molecule has 6 heteroatoms. The van der Waals surface area contributed by atoms with E-state index in [1.165, 1.54) is 0 Å². The number of halogens is 1. The fraction of sp³-hybridized carbons (Fsp3) is 0.429. The van der Waals surface area contributed by atoms with Gasteiger partial charge in [0.1, 0.15) is 5.75 Å². The molecule has 1 aromatic heterocycles. The SMILES string of the molecule is CCC(Nc1ccncc1)Oc1cc(C)cc(C(=O)N(CC)C(C)C)c1.Cl. The summed E-state index contributed by atoms with van der Waals surface area (Å²) in [5.74, 6) is 0.729. The lowest BCUT2D eigenvalue weighted by molar-refractivity contribution is 0.0716. The predicted octanol–water partition coefficient (Wildman–Crippen LogP) is 4.91. The van der Waals surface area contributed by atoms with Crippen LogP contribution in [-0.2, 0) is 0 Å². The standard InChI is InChI=1S/C21H29N3O2.ClH/c1-6-20(23-18-8-10-22-11-9-18)26-19-13-16(5)12-17(14-19)21(25)24(7-2)15(3)4;/h8-15,20H,6-7H2,1-5H3,(H,22,23);1H. The molecule has 5 nitrogen and oxygen atoms in total. The van der Waals surface area contributed by atoms with Gasteiger partial charge in [0.05, 0.1) is 0 Å². The molecule has 1 heterocycles. The number of hydrogen-bond acceptors (Lipinski definition) is 4. The van der Waals surface area contributed by atoms with Gasteiger partial charge in [0.2, 0.25) is 0 Å². The Labute approximate surface area is 168 Å². The maximum Gasteiger partial charge on any atom is 0.254 e. The minimum absolute atomic E-state index is 0. The number of carbonyl (C=O) groups excluding carboxylic acids is 1. The molecule has 1 N–H and O–H groups in total. The summed E-state index contributed by atoms with van der Waals surface area (Å²) in [4.78, 5) is 18.7. The molecule has 0 fully saturated rings. The van der Waals surface area contributed by atoms with Gasteiger partial charge < -0.3 is 15.0 Å². The number of ether oxygens (including phenoxy) is 1. The molecule has 1 amide bonds. The van der Waals surface area contributed by atoms with Gasteiger partial charge in [-0.15, -0.1) is 12.4 Å². The van der Waals surface area contributed by atoms with Gasteiger partial charge in [0.25, 0.3) is 5.91 Å². The maximum atomic E-state index is 12.8. The van der Waals surface area contributed by atoms with Crippen LogP contribution in [0.4, 0.5) is 5.69 Å². The third-order valence-electron chi connectivity index (χ3n) is 4.18. The zero-order valence-electron chi connectivity index (χ0n) is 16.7. The Bertz CT molecular complexity index is 723. The van der Waals surface area contributed by atoms with E-state index >= 15 is 0 Å². The first kappa shape index (κ1) is 22.8. The van der Waals surface area contributed by atoms with Crippen molar-refractivity contribution in [1.29, 1.82) is 0 Å². The van der Waals surface area contributed by atoms with Crippen molar-refractivity contribution in [2.75, 3.05) is 11.9 Å². The minimum atomic E-state index is -0.186. The van der Waals surface area contributed by atoms with Crippen molar-refractivity contribution in [3.05, 3.63) is 53.9 Å². The van der Waals surface area contributed by atoms with Crippen molar-refractivity contribution < 1.29 is 9.53 Å². The third kappa shape index (κ3) is 6.43. The number of nitrogens with zero attached hydrogens (tertiary/aromatic N) is 2. The number of carbonyl (C=O) groups is 1. The highest BCUT2D eigenvalue weighted by molar-refractivity contribution is 5.95. The number of pyridine rings is 1. The van der Waals surface area contributed by atoms with Gasteiger partial charge >= 0.3 is 0 Å². The van der Waals surface area contributed by atoms with Gasteiger partial charge in [-0.05, 0) is 63.6 Å². The van der Waals surface area contributed by atoms with Crippen LogP contribution in [0.3, 0.4) is 0 Å². The molecular weight excluding hydrogens is 362 g/mol. The molecule has 2 aromatic rings. The lowest BCUT2D eigenvalue weighted by Crippen LogP contribution is -2.36. The summed E-state index contributed by atoms with van der Waals surface area (Å²) in [5.41, 5.74) is 2.62. The molecule has 1 atom stereocenters. The van der Waals surface area contributed by atoms with Gasteiger partial charge in [-0.25, -0.2) is 0 Å². The van der Waals surface area contributed by atoms with Crippen molar-refractivity contribution >= 4 is 24.0 Å². The molecule has 1 aromatic carbocycles. The van der Waals surface area contributed by atoms with E-state index in [4.69, 9.17) is 4.74 Å². The number of amides is 1. The molecule has 27 heavy (non-hydrogen) atoms. The summed E-state index contributed by atoms with van der Waals surface area (Å²) in [6.45, 7) is 10.8. The average molecular weight is 392 g/mol. The second kappa shape index (κ2) is 10.8. The van der Waals surface area contributed by atoms with Gasteiger partial charge in [-0.3, -0.25) is 9.78 Å². The van der Waals surface area contributed by atoms with Crippen LogP contribution >= 0.6 is 12.4 Å². The number of aromatic nitrogens is 1. The van der Waals surface area contributed by atoms with E-state index in [-0.39, 0.29) is 30.6 Å². The van der Waals surface area contributed by atoms with E-state index < -0.39 is 0 Å². The second-order valence-electron chi connectivity index (χ2n) is 6.61. The van der Waals surface area contributed by atoms with Crippen molar-refractivity contribution in [1.82, 2.24) is 9.88 Å². The van der Waals surface area contributed by atoms with Crippen LogP contribution in [0.5, 0.6) is 5.75 Å². The molecule has 0 bridgehead atoms. The summed E-state index contributed by atoms with van der Waals surface area (Å²) in [7, 11) is 0. The van der Waals surface area contributed by atoms with Crippen LogP contribution in [-0.4, -0.2) is 34.6 Å². The Morgan fingerprint density at radius 2 is 1.85 bits per heavy atom. The minimum Gasteiger partial charge on any atom is -0.471 e. The van der Waals surface area contributed by atoms with Crippen molar-refractivity contribution in [3.63, 3.8) is 0 Å². The summed E-state index contributed by atoms with van der Waals surface area (Å²) >= 11 is 0. The molecule has 0 aliphatic carbocycles. The Balaban J connectivity index is 0.00000364. The topological polar surface area (TPSA) is 54.5 Å². The van der Waals surface area contributed by atoms with Crippen LogP contribution in [0.15, 0.2) is 42.7 Å². The fourth-order valence-electron chi connectivity index (χ4n) is 2.86. The smallest absolute Gasteiger partial charge is 0.254 e. The first-order valence-corrected chi connectivity index (χ1v) is 9.20. The fourth-order valence-corrected chi connectivity index (χ4v) is 2.86. The second-order valence-corrected chi connectivity index (χ2v) is 6.61. The Hall–Kier alpha value is -2.27. The van der Waals surface area contributed by atoms with E-state index in [1.54, 1.807) is 12.4 Å². The zero-order valence-corrected chi connectivity index (χ0v) is 17.5. The first-order valence-electron chi connectivity index (χ1n) is 9.20. The highest BCUT2D eigenvalue weighted by Crippen LogP contribution is 2.21. The molecule has 0 saturated carbocycles. The van der Waals surface area contributed by atoms with Crippen LogP contribution in [0, 0.1) is 6.92 Å². The Morgan fingerprint density at radius 1 is 1.19 bits per heavy atom. The maximum absolute atomic E-state index is 12.8. The van der Waals surface area contributed by atoms with E-state index in [2.05, 4.69) is 17.2 Å². The van der Waals surface area contributed by atoms with Crippen molar-refractivity contribution in [2.45, 2.75) is 53.3 Å². The summed E-state index contributed by atoms with van der Waals surface area (Å²) in [5, 5.41) is 3.34. The molecule has 2 rings (SSSR count). The largest absolute Gasteiger partial charge is 0.471 e. The van der Waals surface area contributed by atoms with E-state index in [9.17, 15) is 4.79 Å². The molecule has 0 aliphatic rings. The molecule has 148 valence electrons. The number of anilines is 1. The number of benzene rings is 1. The lowest BCUT2D eigenvalue weighted by atomic mass is 10.1. The lowest BCUT2D eigenvalue weighted by Gasteiger charge is -2.26. The van der Waals surface area contributed by atoms with Crippen molar-refractivity contribution in [3.8, 4) is 5.75 Å². The van der Waals surface area contributed by atoms with Crippen LogP contribution in [0.2, 0.25) is 0 Å². The third-order valence-corrected chi connectivity index (χ3v) is 4.18. The highest BCUT2D eigenvalue weighted by Gasteiger charge is 2.18. The summed E-state index contributed by atoms with van der Waals surface area (Å²) < 4.78 is 6.11. The van der Waals surface area contributed by atoms with E-state index in [0.717, 1.165) is 17.7 Å². The van der Waals surface area contributed by atoms with Crippen molar-refractivity contribution in [2.24, 2.45) is 0 Å². The average Bonchev–Trinajstić information content (AvgIpc) is 2.61. The van der Waals surface area contributed by atoms with E-state index in [0.29, 0.717) is 17.9 Å². The normalized spacial score (nSPS) is 11.5. The van der Waals surface area contributed by atoms with Crippen LogP contribution in [0.1, 0.15) is 50.0 Å². The van der Waals surface area contributed by atoms with E-state index in [1.807, 2.05) is 62.9 Å².